The predicted molar refractivity (Wildman–Crippen MR) is 175 cm³/mol. The van der Waals surface area contributed by atoms with Crippen molar-refractivity contribution in [3.63, 3.8) is 0 Å². The average molecular weight is 763 g/mol. The molecule has 22 nitrogen and oxygen atoms in total. The molecule has 0 saturated heterocycles. The van der Waals surface area contributed by atoms with Gasteiger partial charge in [-0.1, -0.05) is 0 Å². The number of nitrogens with zero attached hydrogens (tertiary/aromatic N) is 1. The zero-order chi connectivity index (χ0) is 37.7. The number of thioether (sulfide) groups is 2. The minimum Gasteiger partial charge on any atom is -0.481 e. The Balaban J connectivity index is 5.24. The maximum atomic E-state index is 12.5. The van der Waals surface area contributed by atoms with Gasteiger partial charge in [0.25, 0.3) is 0 Å². The Morgan fingerprint density at radius 2 is 1.12 bits per heavy atom. The van der Waals surface area contributed by atoms with Gasteiger partial charge in [0.15, 0.2) is 0 Å². The first kappa shape index (κ1) is 45.5. The number of aliphatic carboxylic acids is 4. The van der Waals surface area contributed by atoms with Crippen molar-refractivity contribution >= 4 is 78.7 Å². The summed E-state index contributed by atoms with van der Waals surface area (Å²) in [6.45, 7) is -1.72. The molecule has 0 aliphatic carbocycles. The fraction of sp³-hybridized carbons (Fsp3) is 0.667. The number of nitrogens with one attached hydrogen (secondary N) is 4. The fourth-order valence-electron chi connectivity index (χ4n) is 3.44. The highest BCUT2D eigenvalue weighted by molar-refractivity contribution is 7.99. The number of hydrogen-bond donors (Lipinski definition) is 12. The Morgan fingerprint density at radius 3 is 1.53 bits per heavy atom. The van der Waals surface area contributed by atoms with E-state index in [1.807, 2.05) is 0 Å². The van der Waals surface area contributed by atoms with E-state index in [0.717, 1.165) is 28.2 Å². The summed E-state index contributed by atoms with van der Waals surface area (Å²) in [4.78, 5) is 103. The highest BCUT2D eigenvalue weighted by atomic mass is 32.2. The van der Waals surface area contributed by atoms with E-state index in [4.69, 9.17) is 37.4 Å². The van der Waals surface area contributed by atoms with E-state index >= 15 is 0 Å². The van der Waals surface area contributed by atoms with Crippen LogP contribution in [0.3, 0.4) is 0 Å². The molecule has 0 radical (unpaired) electrons. The van der Waals surface area contributed by atoms with Gasteiger partial charge < -0.3 is 58.1 Å². The topological polar surface area (TPSA) is 384 Å². The largest absolute Gasteiger partial charge is 0.481 e. The SMILES string of the molecule is N[C@@H](CCC(=O)N[C@@H](CSCCN(CCSC[C@H](NC(=O)[C@@H](N)CCC(=O)O)C(=O)NCC(=O)O)P(N)(=O)O)C(=O)NCC(=O)O)C(=O)O. The minimum atomic E-state index is -4.33. The molecule has 0 aromatic carbocycles. The molecule has 0 bridgehead atoms. The van der Waals surface area contributed by atoms with Gasteiger partial charge in [-0.2, -0.15) is 23.5 Å². The van der Waals surface area contributed by atoms with Crippen LogP contribution in [0, 0.1) is 0 Å². The Kier molecular flexibility index (Phi) is 22.1. The smallest absolute Gasteiger partial charge is 0.338 e. The van der Waals surface area contributed by atoms with E-state index in [1.54, 1.807) is 0 Å². The lowest BCUT2D eigenvalue weighted by Crippen LogP contribution is -2.53. The summed E-state index contributed by atoms with van der Waals surface area (Å²) in [6.07, 6.45) is -1.21. The van der Waals surface area contributed by atoms with Gasteiger partial charge in [-0.05, 0) is 12.8 Å². The molecule has 280 valence electrons. The maximum absolute atomic E-state index is 12.5. The molecule has 0 fully saturated rings. The first-order valence-corrected chi connectivity index (χ1v) is 18.3. The molecule has 4 amide bonds. The summed E-state index contributed by atoms with van der Waals surface area (Å²) in [5.41, 5.74) is 16.5. The van der Waals surface area contributed by atoms with Gasteiger partial charge in [0.05, 0.1) is 6.04 Å². The lowest BCUT2D eigenvalue weighted by molar-refractivity contribution is -0.139. The van der Waals surface area contributed by atoms with Crippen molar-refractivity contribution in [2.75, 3.05) is 49.2 Å². The summed E-state index contributed by atoms with van der Waals surface area (Å²) in [7, 11) is -4.33. The van der Waals surface area contributed by atoms with Crippen molar-refractivity contribution in [1.82, 2.24) is 25.9 Å². The molecule has 15 N–H and O–H groups in total. The Bertz CT molecular complexity index is 1230. The predicted octanol–water partition coefficient (Wildman–Crippen LogP) is -4.43. The van der Waals surface area contributed by atoms with E-state index in [-0.39, 0.29) is 55.4 Å². The number of rotatable bonds is 27. The van der Waals surface area contributed by atoms with Crippen LogP contribution in [0.25, 0.3) is 0 Å². The third kappa shape index (κ3) is 22.0. The first-order chi connectivity index (χ1) is 22.7. The summed E-state index contributed by atoms with van der Waals surface area (Å²) < 4.78 is 13.3. The quantitative estimate of drug-likeness (QED) is 0.0277. The average Bonchev–Trinajstić information content (AvgIpc) is 3.00. The second kappa shape index (κ2) is 23.8. The molecule has 0 aromatic rings. The van der Waals surface area contributed by atoms with Crippen molar-refractivity contribution in [3.05, 3.63) is 0 Å². The van der Waals surface area contributed by atoms with Gasteiger partial charge in [0, 0.05) is 48.9 Å². The second-order valence-corrected chi connectivity index (χ2v) is 14.2. The van der Waals surface area contributed by atoms with Crippen LogP contribution in [-0.2, 0) is 42.9 Å². The van der Waals surface area contributed by atoms with Crippen molar-refractivity contribution in [1.29, 1.82) is 0 Å². The van der Waals surface area contributed by atoms with Crippen molar-refractivity contribution in [2.45, 2.75) is 49.9 Å². The van der Waals surface area contributed by atoms with E-state index in [1.165, 1.54) is 0 Å². The lowest BCUT2D eigenvalue weighted by atomic mass is 10.1. The fourth-order valence-corrected chi connectivity index (χ4v) is 6.46. The van der Waals surface area contributed by atoms with Crippen molar-refractivity contribution in [3.8, 4) is 0 Å². The van der Waals surface area contributed by atoms with Gasteiger partial charge in [-0.3, -0.25) is 42.9 Å². The second-order valence-electron chi connectivity index (χ2n) is 10.1. The van der Waals surface area contributed by atoms with E-state index in [0.29, 0.717) is 0 Å². The minimum absolute atomic E-state index is 0.0742. The number of carbonyl (C=O) groups excluding carboxylic acids is 4. The molecule has 0 aliphatic rings. The Morgan fingerprint density at radius 1 is 0.673 bits per heavy atom. The van der Waals surface area contributed by atoms with Crippen LogP contribution in [-0.4, -0.2) is 151 Å². The Hall–Kier alpha value is -3.51. The van der Waals surface area contributed by atoms with Gasteiger partial charge >= 0.3 is 31.5 Å². The summed E-state index contributed by atoms with van der Waals surface area (Å²) >= 11 is 2.06. The van der Waals surface area contributed by atoms with Crippen LogP contribution in [0.5, 0.6) is 0 Å². The normalized spacial score (nSPS) is 14.7. The van der Waals surface area contributed by atoms with Crippen LogP contribution >= 0.6 is 31.2 Å². The van der Waals surface area contributed by atoms with Crippen LogP contribution in [0.1, 0.15) is 25.7 Å². The monoisotopic (exact) mass is 762 g/mol. The van der Waals surface area contributed by atoms with Crippen LogP contribution < -0.4 is 38.2 Å². The molecule has 0 spiro atoms. The molecule has 0 aromatic heterocycles. The number of carboxylic acid groups (broad SMARTS) is 4. The van der Waals surface area contributed by atoms with Crippen molar-refractivity contribution in [2.24, 2.45) is 17.0 Å². The first-order valence-electron chi connectivity index (χ1n) is 14.3. The van der Waals surface area contributed by atoms with Gasteiger partial charge in [0.2, 0.25) is 23.6 Å². The van der Waals surface area contributed by atoms with Crippen LogP contribution in [0.2, 0.25) is 0 Å². The summed E-state index contributed by atoms with van der Waals surface area (Å²) in [5.74, 6) is -8.61. The molecule has 49 heavy (non-hydrogen) atoms. The van der Waals surface area contributed by atoms with E-state index in [2.05, 4.69) is 21.3 Å². The van der Waals surface area contributed by atoms with Crippen molar-refractivity contribution < 1.29 is 68.2 Å². The molecule has 0 heterocycles. The van der Waals surface area contributed by atoms with E-state index in [9.17, 15) is 47.8 Å². The molecule has 0 aliphatic heterocycles. The molecule has 1 unspecified atom stereocenters. The zero-order valence-electron chi connectivity index (χ0n) is 26.1. The standard InChI is InChI=1S/C24H43N8O14PS2/c25-13(2-4-18(34)35)21(40)31-16(23(42)29-10-20(38)39)12-49-8-6-32(47(27,45)46)5-7-48-11-15(22(41)28-9-19(36)37)30-17(33)3-1-14(26)24(43)44/h13-16H,1-12,25-26H2,(H,28,41)(H,29,42)(H,30,33)(H,31,40)(H,34,35)(H,36,37)(H,38,39)(H,43,44)(H3,27,45,46)/t13-,14-,15-,16-/m0/s1. The third-order valence-electron chi connectivity index (χ3n) is 6.08. The molecule has 5 atom stereocenters. The summed E-state index contributed by atoms with van der Waals surface area (Å²) in [5, 5.41) is 44.3. The highest BCUT2D eigenvalue weighted by Gasteiger charge is 2.27. The summed E-state index contributed by atoms with van der Waals surface area (Å²) in [6, 6.07) is -5.14. The van der Waals surface area contributed by atoms with Crippen LogP contribution in [0.15, 0.2) is 0 Å². The molecule has 25 heteroatoms. The number of nitrogens with two attached hydrogens (primary N) is 3. The van der Waals surface area contributed by atoms with E-state index < -0.39 is 98.9 Å². The number of hydrogen-bond acceptors (Lipinski definition) is 13. The third-order valence-corrected chi connectivity index (χ3v) is 9.37. The lowest BCUT2D eigenvalue weighted by Gasteiger charge is -2.25. The van der Waals surface area contributed by atoms with Gasteiger partial charge in [-0.15, -0.1) is 0 Å². The number of carboxylic acids is 4. The van der Waals surface area contributed by atoms with Gasteiger partial charge in [-0.25, -0.2) is 10.2 Å². The molecule has 0 saturated carbocycles. The molecular weight excluding hydrogens is 719 g/mol. The Labute approximate surface area is 288 Å². The van der Waals surface area contributed by atoms with Gasteiger partial charge in [0.1, 0.15) is 31.2 Å². The zero-order valence-corrected chi connectivity index (χ0v) is 28.7. The number of carbonyl (C=O) groups is 8. The highest BCUT2D eigenvalue weighted by Crippen LogP contribution is 2.35. The number of amides is 4. The maximum Gasteiger partial charge on any atom is 0.338 e. The molecule has 0 rings (SSSR count). The van der Waals surface area contributed by atoms with Crippen LogP contribution in [0.4, 0.5) is 0 Å². The molecular formula is C24H43N8O14PS2.